The normalized spacial score (nSPS) is 24.5. The first-order chi connectivity index (χ1) is 13.7. The smallest absolute Gasteiger partial charge is 0.418 e. The predicted molar refractivity (Wildman–Crippen MR) is 103 cm³/mol. The van der Waals surface area contributed by atoms with Crippen molar-refractivity contribution >= 4 is 11.6 Å². The lowest BCUT2D eigenvalue weighted by Crippen LogP contribution is -2.45. The average molecular weight is 405 g/mol. The van der Waals surface area contributed by atoms with Gasteiger partial charge in [-0.05, 0) is 29.9 Å². The second-order valence-corrected chi connectivity index (χ2v) is 7.97. The predicted octanol–water partition coefficient (Wildman–Crippen LogP) is 3.91. The minimum Gasteiger partial charge on any atom is -0.627 e. The van der Waals surface area contributed by atoms with Crippen LogP contribution in [0.5, 0.6) is 0 Å². The van der Waals surface area contributed by atoms with Crippen LogP contribution in [0.1, 0.15) is 41.9 Å². The number of hydroxylamine groups is 2. The summed E-state index contributed by atoms with van der Waals surface area (Å²) in [6.45, 7) is 0.0966. The van der Waals surface area contributed by atoms with Gasteiger partial charge in [-0.1, -0.05) is 24.3 Å². The number of hydrogen-bond acceptors (Lipinski definition) is 3. The van der Waals surface area contributed by atoms with E-state index < -0.39 is 16.4 Å². The van der Waals surface area contributed by atoms with Crippen molar-refractivity contribution in [3.63, 3.8) is 0 Å². The highest BCUT2D eigenvalue weighted by molar-refractivity contribution is 5.79. The van der Waals surface area contributed by atoms with E-state index >= 15 is 0 Å². The minimum absolute atomic E-state index is 0.00461. The molecule has 1 N–H and O–H groups in total. The van der Waals surface area contributed by atoms with E-state index in [1.165, 1.54) is 24.6 Å². The molecule has 2 aliphatic rings. The molecule has 1 amide bonds. The molecule has 2 heterocycles. The van der Waals surface area contributed by atoms with Gasteiger partial charge in [-0.25, -0.2) is 0 Å². The summed E-state index contributed by atoms with van der Waals surface area (Å²) < 4.78 is 37.8. The number of nitrogens with one attached hydrogen (secondary N) is 1. The molecule has 154 valence electrons. The van der Waals surface area contributed by atoms with Crippen LogP contribution in [0.2, 0.25) is 0 Å². The number of amides is 1. The van der Waals surface area contributed by atoms with Crippen LogP contribution in [0.25, 0.3) is 0 Å². The summed E-state index contributed by atoms with van der Waals surface area (Å²) in [5.74, 6) is 0.467. The van der Waals surface area contributed by atoms with Gasteiger partial charge < -0.3 is 15.2 Å². The van der Waals surface area contributed by atoms with Crippen molar-refractivity contribution in [2.75, 3.05) is 13.1 Å². The van der Waals surface area contributed by atoms with E-state index in [2.05, 4.69) is 22.4 Å². The van der Waals surface area contributed by atoms with Crippen molar-refractivity contribution in [3.05, 3.63) is 64.6 Å². The van der Waals surface area contributed by atoms with Gasteiger partial charge in [0, 0.05) is 18.7 Å². The Labute approximate surface area is 166 Å². The third kappa shape index (κ3) is 4.59. The molecular formula is C21H22F3N3O2. The lowest BCUT2D eigenvalue weighted by molar-refractivity contribution is -0.137. The second-order valence-electron chi connectivity index (χ2n) is 7.97. The van der Waals surface area contributed by atoms with Gasteiger partial charge in [-0.2, -0.15) is 13.2 Å². The molecule has 1 unspecified atom stereocenters. The fourth-order valence-electron chi connectivity index (χ4n) is 3.85. The molecule has 2 atom stereocenters. The number of alkyl halides is 3. The highest BCUT2D eigenvalue weighted by Crippen LogP contribution is 2.40. The maximum Gasteiger partial charge on any atom is 0.418 e. The molecule has 0 bridgehead atoms. The summed E-state index contributed by atoms with van der Waals surface area (Å²) in [7, 11) is 0. The average Bonchev–Trinajstić information content (AvgIpc) is 3.45. The van der Waals surface area contributed by atoms with E-state index in [1.54, 1.807) is 0 Å². The Morgan fingerprint density at radius 3 is 2.55 bits per heavy atom. The Bertz CT molecular complexity index is 897. The van der Waals surface area contributed by atoms with Gasteiger partial charge in [-0.15, -0.1) is 0 Å². The molecule has 8 heteroatoms. The first kappa shape index (κ1) is 19.8. The third-order valence-electron chi connectivity index (χ3n) is 5.63. The summed E-state index contributed by atoms with van der Waals surface area (Å²) in [5.41, 5.74) is 1.22. The van der Waals surface area contributed by atoms with Crippen LogP contribution in [0.3, 0.4) is 0 Å². The van der Waals surface area contributed by atoms with Crippen LogP contribution in [0, 0.1) is 5.21 Å². The van der Waals surface area contributed by atoms with E-state index in [-0.39, 0.29) is 37.1 Å². The number of benzene rings is 1. The van der Waals surface area contributed by atoms with Gasteiger partial charge >= 0.3 is 6.18 Å². The van der Waals surface area contributed by atoms with Gasteiger partial charge in [0.25, 0.3) is 0 Å². The Morgan fingerprint density at radius 1 is 1.17 bits per heavy atom. The molecule has 4 rings (SSSR count). The maximum atomic E-state index is 13.0. The highest BCUT2D eigenvalue weighted by Gasteiger charge is 2.37. The number of halogens is 3. The SMILES string of the molecule is O=C(Cc1ccc(C2CC2)cc1)N[C@@H]1CC[N+]([O-])(c2cncc(C(F)(F)F)c2)C1. The Morgan fingerprint density at radius 2 is 1.90 bits per heavy atom. The maximum absolute atomic E-state index is 13.0. The number of hydrogen-bond donors (Lipinski definition) is 1. The van der Waals surface area contributed by atoms with Crippen LogP contribution in [0.4, 0.5) is 18.9 Å². The molecule has 0 radical (unpaired) electrons. The molecule has 1 aromatic carbocycles. The summed E-state index contributed by atoms with van der Waals surface area (Å²) in [5, 5.41) is 15.9. The fraction of sp³-hybridized carbons (Fsp3) is 0.429. The first-order valence-electron chi connectivity index (χ1n) is 9.72. The number of carbonyl (C=O) groups excluding carboxylic acids is 1. The largest absolute Gasteiger partial charge is 0.627 e. The van der Waals surface area contributed by atoms with Crippen molar-refractivity contribution in [1.82, 2.24) is 14.9 Å². The van der Waals surface area contributed by atoms with Gasteiger partial charge in [0.2, 0.25) is 5.91 Å². The van der Waals surface area contributed by atoms with E-state index in [9.17, 15) is 23.2 Å². The summed E-state index contributed by atoms with van der Waals surface area (Å²) in [6, 6.07) is 8.48. The van der Waals surface area contributed by atoms with Crippen LogP contribution in [-0.2, 0) is 17.4 Å². The molecule has 1 aliphatic carbocycles. The van der Waals surface area contributed by atoms with Gasteiger partial charge in [-0.3, -0.25) is 9.78 Å². The van der Waals surface area contributed by atoms with Gasteiger partial charge in [0.05, 0.1) is 30.8 Å². The number of aromatic nitrogens is 1. The zero-order valence-electron chi connectivity index (χ0n) is 15.8. The van der Waals surface area contributed by atoms with Gasteiger partial charge in [0.1, 0.15) is 6.54 Å². The van der Waals surface area contributed by atoms with Gasteiger partial charge in [0.15, 0.2) is 5.69 Å². The zero-order valence-corrected chi connectivity index (χ0v) is 15.8. The van der Waals surface area contributed by atoms with Crippen LogP contribution in [0.15, 0.2) is 42.7 Å². The first-order valence-corrected chi connectivity index (χ1v) is 9.72. The van der Waals surface area contributed by atoms with E-state index in [0.717, 1.165) is 11.6 Å². The molecule has 1 aromatic heterocycles. The van der Waals surface area contributed by atoms with E-state index in [0.29, 0.717) is 18.5 Å². The van der Waals surface area contributed by atoms with Crippen molar-refractivity contribution in [3.8, 4) is 0 Å². The molecule has 1 aliphatic heterocycles. The van der Waals surface area contributed by atoms with E-state index in [1.807, 2.05) is 12.1 Å². The van der Waals surface area contributed by atoms with Crippen molar-refractivity contribution < 1.29 is 18.0 Å². The molecule has 5 nitrogen and oxygen atoms in total. The minimum atomic E-state index is -4.55. The van der Waals surface area contributed by atoms with Crippen LogP contribution >= 0.6 is 0 Å². The third-order valence-corrected chi connectivity index (χ3v) is 5.63. The quantitative estimate of drug-likeness (QED) is 0.606. The lowest BCUT2D eigenvalue weighted by atomic mass is 10.1. The molecular weight excluding hydrogens is 383 g/mol. The number of carbonyl (C=O) groups is 1. The van der Waals surface area contributed by atoms with Crippen LogP contribution in [-0.4, -0.2) is 30.0 Å². The van der Waals surface area contributed by atoms with Crippen molar-refractivity contribution in [2.24, 2.45) is 0 Å². The Hall–Kier alpha value is -2.45. The zero-order chi connectivity index (χ0) is 20.6. The standard InChI is InChI=1S/C21H22F3N3O2/c22-21(23,24)17-10-19(12-25-11-17)27(29)8-7-18(13-27)26-20(28)9-14-1-3-15(4-2-14)16-5-6-16/h1-4,10-12,16,18H,5-9,13H2,(H,26,28)/t18-,27?/m1/s1. The molecule has 0 spiro atoms. The molecule has 1 saturated carbocycles. The monoisotopic (exact) mass is 405 g/mol. The lowest BCUT2D eigenvalue weighted by Gasteiger charge is -2.38. The molecule has 2 aromatic rings. The summed E-state index contributed by atoms with van der Waals surface area (Å²) in [6.07, 6.45) is 0.394. The molecule has 29 heavy (non-hydrogen) atoms. The summed E-state index contributed by atoms with van der Waals surface area (Å²) >= 11 is 0. The van der Waals surface area contributed by atoms with E-state index in [4.69, 9.17) is 0 Å². The van der Waals surface area contributed by atoms with Crippen molar-refractivity contribution in [2.45, 2.75) is 43.8 Å². The summed E-state index contributed by atoms with van der Waals surface area (Å²) in [4.78, 5) is 15.9. The number of rotatable bonds is 5. The topological polar surface area (TPSA) is 65.0 Å². The highest BCUT2D eigenvalue weighted by atomic mass is 19.4. The fourth-order valence-corrected chi connectivity index (χ4v) is 3.85. The number of pyridine rings is 1. The Kier molecular flexibility index (Phi) is 5.08. The van der Waals surface area contributed by atoms with Crippen molar-refractivity contribution in [1.29, 1.82) is 0 Å². The number of quaternary nitrogens is 1. The Balaban J connectivity index is 1.36. The molecule has 2 fully saturated rings. The van der Waals surface area contributed by atoms with Crippen LogP contribution < -0.4 is 9.96 Å². The number of nitrogens with zero attached hydrogens (tertiary/aromatic N) is 2. The second kappa shape index (κ2) is 7.42. The molecule has 1 saturated heterocycles.